The van der Waals surface area contributed by atoms with Crippen molar-refractivity contribution in [2.45, 2.75) is 25.8 Å². The van der Waals surface area contributed by atoms with Crippen LogP contribution in [0.25, 0.3) is 0 Å². The fourth-order valence-corrected chi connectivity index (χ4v) is 1.69. The van der Waals surface area contributed by atoms with Gasteiger partial charge in [-0.25, -0.2) is 9.78 Å². The molecule has 2 N–H and O–H groups in total. The molecule has 0 radical (unpaired) electrons. The quantitative estimate of drug-likeness (QED) is 0.423. The largest absolute Gasteiger partial charge is 0.480 e. The summed E-state index contributed by atoms with van der Waals surface area (Å²) in [6, 6.07) is 1.90. The molecular formula is C12H17N3O5. The van der Waals surface area contributed by atoms with Crippen molar-refractivity contribution in [3.8, 4) is 0 Å². The van der Waals surface area contributed by atoms with Crippen molar-refractivity contribution >= 4 is 17.5 Å². The first-order valence-corrected chi connectivity index (χ1v) is 6.06. The summed E-state index contributed by atoms with van der Waals surface area (Å²) in [7, 11) is 1.55. The van der Waals surface area contributed by atoms with Crippen molar-refractivity contribution in [3.05, 3.63) is 27.9 Å². The molecule has 1 aromatic rings. The van der Waals surface area contributed by atoms with Crippen LogP contribution in [-0.4, -0.2) is 40.7 Å². The fourth-order valence-electron chi connectivity index (χ4n) is 1.69. The first-order chi connectivity index (χ1) is 9.45. The number of hydrogen-bond donors (Lipinski definition) is 2. The van der Waals surface area contributed by atoms with Gasteiger partial charge in [0.05, 0.1) is 4.92 Å². The Morgan fingerprint density at radius 1 is 1.60 bits per heavy atom. The van der Waals surface area contributed by atoms with Crippen LogP contribution >= 0.6 is 0 Å². The molecule has 0 saturated heterocycles. The van der Waals surface area contributed by atoms with Gasteiger partial charge in [-0.15, -0.1) is 0 Å². The van der Waals surface area contributed by atoms with E-state index in [0.29, 0.717) is 25.3 Å². The molecule has 0 aliphatic rings. The van der Waals surface area contributed by atoms with Crippen LogP contribution in [0.3, 0.4) is 0 Å². The SMILES string of the molecule is COCCCC(Nc1ccc([N+](=O)[O-])c(C)n1)C(=O)O. The van der Waals surface area contributed by atoms with Crippen LogP contribution in [0.2, 0.25) is 0 Å². The van der Waals surface area contributed by atoms with E-state index in [9.17, 15) is 14.9 Å². The molecule has 1 rings (SSSR count). The summed E-state index contributed by atoms with van der Waals surface area (Å²) in [5.41, 5.74) is 0.142. The molecule has 1 aromatic heterocycles. The molecule has 0 aliphatic heterocycles. The lowest BCUT2D eigenvalue weighted by molar-refractivity contribution is -0.385. The normalized spacial score (nSPS) is 11.9. The molecule has 0 aromatic carbocycles. The lowest BCUT2D eigenvalue weighted by atomic mass is 10.1. The number of rotatable bonds is 8. The summed E-state index contributed by atoms with van der Waals surface area (Å²) in [5, 5.41) is 22.5. The van der Waals surface area contributed by atoms with Crippen LogP contribution in [-0.2, 0) is 9.53 Å². The number of aromatic nitrogens is 1. The van der Waals surface area contributed by atoms with E-state index >= 15 is 0 Å². The molecule has 1 unspecified atom stereocenters. The molecule has 20 heavy (non-hydrogen) atoms. The maximum atomic E-state index is 11.1. The summed E-state index contributed by atoms with van der Waals surface area (Å²) >= 11 is 0. The van der Waals surface area contributed by atoms with Crippen molar-refractivity contribution < 1.29 is 19.6 Å². The highest BCUT2D eigenvalue weighted by atomic mass is 16.6. The smallest absolute Gasteiger partial charge is 0.326 e. The van der Waals surface area contributed by atoms with Crippen LogP contribution in [0.4, 0.5) is 11.5 Å². The van der Waals surface area contributed by atoms with Gasteiger partial charge in [0.15, 0.2) is 0 Å². The third kappa shape index (κ3) is 4.47. The van der Waals surface area contributed by atoms with Gasteiger partial charge in [0.25, 0.3) is 5.69 Å². The highest BCUT2D eigenvalue weighted by Crippen LogP contribution is 2.18. The molecule has 0 bridgehead atoms. The monoisotopic (exact) mass is 283 g/mol. The first-order valence-electron chi connectivity index (χ1n) is 6.06. The Morgan fingerprint density at radius 2 is 2.30 bits per heavy atom. The van der Waals surface area contributed by atoms with E-state index in [1.165, 1.54) is 19.1 Å². The number of nitrogens with zero attached hydrogens (tertiary/aromatic N) is 2. The Morgan fingerprint density at radius 3 is 2.80 bits per heavy atom. The maximum Gasteiger partial charge on any atom is 0.326 e. The number of anilines is 1. The van der Waals surface area contributed by atoms with Gasteiger partial charge in [0.2, 0.25) is 0 Å². The lowest BCUT2D eigenvalue weighted by Gasteiger charge is -2.15. The van der Waals surface area contributed by atoms with Gasteiger partial charge in [0.1, 0.15) is 17.6 Å². The van der Waals surface area contributed by atoms with Gasteiger partial charge in [-0.05, 0) is 25.8 Å². The fraction of sp³-hybridized carbons (Fsp3) is 0.500. The van der Waals surface area contributed by atoms with Crippen LogP contribution < -0.4 is 5.32 Å². The minimum absolute atomic E-state index is 0.0955. The maximum absolute atomic E-state index is 11.1. The average Bonchev–Trinajstić information content (AvgIpc) is 2.37. The highest BCUT2D eigenvalue weighted by molar-refractivity contribution is 5.76. The number of nitro groups is 1. The number of nitrogens with one attached hydrogen (secondary N) is 1. The second-order valence-corrected chi connectivity index (χ2v) is 4.23. The van der Waals surface area contributed by atoms with Crippen LogP contribution in [0.1, 0.15) is 18.5 Å². The van der Waals surface area contributed by atoms with Gasteiger partial charge in [-0.3, -0.25) is 10.1 Å². The number of aryl methyl sites for hydroxylation is 1. The van der Waals surface area contributed by atoms with Crippen molar-refractivity contribution in [2.24, 2.45) is 0 Å². The van der Waals surface area contributed by atoms with Crippen molar-refractivity contribution in [2.75, 3.05) is 19.0 Å². The van der Waals surface area contributed by atoms with E-state index in [0.717, 1.165) is 0 Å². The number of carboxylic acids is 1. The van der Waals surface area contributed by atoms with E-state index in [4.69, 9.17) is 9.84 Å². The second kappa shape index (κ2) is 7.39. The molecule has 110 valence electrons. The zero-order valence-electron chi connectivity index (χ0n) is 11.3. The third-order valence-corrected chi connectivity index (χ3v) is 2.72. The van der Waals surface area contributed by atoms with Crippen LogP contribution in [0, 0.1) is 17.0 Å². The predicted molar refractivity (Wildman–Crippen MR) is 71.8 cm³/mol. The summed E-state index contributed by atoms with van der Waals surface area (Å²) in [6.07, 6.45) is 0.966. The highest BCUT2D eigenvalue weighted by Gasteiger charge is 2.19. The van der Waals surface area contributed by atoms with Crippen LogP contribution in [0.15, 0.2) is 12.1 Å². The molecule has 0 aliphatic carbocycles. The average molecular weight is 283 g/mol. The summed E-state index contributed by atoms with van der Waals surface area (Å²) in [5.74, 6) is -0.697. The summed E-state index contributed by atoms with van der Waals surface area (Å²) < 4.78 is 4.87. The van der Waals surface area contributed by atoms with Gasteiger partial charge in [-0.1, -0.05) is 0 Å². The number of pyridine rings is 1. The standard InChI is InChI=1S/C12H17N3O5/c1-8-10(15(18)19)5-6-11(13-8)14-9(12(16)17)4-3-7-20-2/h5-6,9H,3-4,7H2,1-2H3,(H,13,14)(H,16,17). The first kappa shape index (κ1) is 15.8. The Kier molecular flexibility index (Phi) is 5.85. The zero-order chi connectivity index (χ0) is 15.1. The van der Waals surface area contributed by atoms with Crippen LogP contribution in [0.5, 0.6) is 0 Å². The molecule has 0 saturated carbocycles. The zero-order valence-corrected chi connectivity index (χ0v) is 11.3. The number of ether oxygens (including phenoxy) is 1. The molecule has 0 amide bonds. The van der Waals surface area contributed by atoms with Gasteiger partial charge in [-0.2, -0.15) is 0 Å². The minimum atomic E-state index is -1.00. The molecule has 1 heterocycles. The second-order valence-electron chi connectivity index (χ2n) is 4.23. The number of carboxylic acid groups (broad SMARTS) is 1. The molecule has 1 atom stereocenters. The Balaban J connectivity index is 2.76. The minimum Gasteiger partial charge on any atom is -0.480 e. The van der Waals surface area contributed by atoms with E-state index < -0.39 is 16.9 Å². The molecular weight excluding hydrogens is 266 g/mol. The van der Waals surface area contributed by atoms with Gasteiger partial charge >= 0.3 is 5.97 Å². The Labute approximate surface area is 115 Å². The molecule has 0 fully saturated rings. The predicted octanol–water partition coefficient (Wildman–Crippen LogP) is 1.59. The Hall–Kier alpha value is -2.22. The molecule has 8 heteroatoms. The molecule has 0 spiro atoms. The Bertz CT molecular complexity index is 492. The topological polar surface area (TPSA) is 115 Å². The van der Waals surface area contributed by atoms with E-state index in [1.54, 1.807) is 7.11 Å². The lowest BCUT2D eigenvalue weighted by Crippen LogP contribution is -2.30. The number of hydrogen-bond acceptors (Lipinski definition) is 6. The van der Waals surface area contributed by atoms with Crippen molar-refractivity contribution in [1.82, 2.24) is 4.98 Å². The van der Waals surface area contributed by atoms with E-state index in [2.05, 4.69) is 10.3 Å². The molecule has 8 nitrogen and oxygen atoms in total. The van der Waals surface area contributed by atoms with E-state index in [-0.39, 0.29) is 11.4 Å². The summed E-state index contributed by atoms with van der Waals surface area (Å²) in [4.78, 5) is 25.3. The van der Waals surface area contributed by atoms with E-state index in [1.807, 2.05) is 0 Å². The third-order valence-electron chi connectivity index (χ3n) is 2.72. The van der Waals surface area contributed by atoms with Crippen molar-refractivity contribution in [1.29, 1.82) is 0 Å². The summed E-state index contributed by atoms with van der Waals surface area (Å²) in [6.45, 7) is 1.97. The van der Waals surface area contributed by atoms with Gasteiger partial charge in [0, 0.05) is 19.8 Å². The van der Waals surface area contributed by atoms with Gasteiger partial charge < -0.3 is 15.2 Å². The number of carbonyl (C=O) groups is 1. The number of methoxy groups -OCH3 is 1. The van der Waals surface area contributed by atoms with Crippen molar-refractivity contribution in [3.63, 3.8) is 0 Å². The number of aliphatic carboxylic acids is 1.